The zero-order chi connectivity index (χ0) is 10.7. The van der Waals surface area contributed by atoms with Gasteiger partial charge in [-0.15, -0.1) is 0 Å². The van der Waals surface area contributed by atoms with E-state index in [1.807, 2.05) is 24.3 Å². The molecule has 15 heavy (non-hydrogen) atoms. The Morgan fingerprint density at radius 3 is 2.27 bits per heavy atom. The van der Waals surface area contributed by atoms with Crippen molar-refractivity contribution in [3.8, 4) is 0 Å². The van der Waals surface area contributed by atoms with Crippen molar-refractivity contribution in [2.24, 2.45) is 0 Å². The first kappa shape index (κ1) is 10.1. The lowest BCUT2D eigenvalue weighted by Gasteiger charge is -2.12. The molecule has 0 aliphatic rings. The molecule has 0 radical (unpaired) electrons. The third-order valence-corrected chi connectivity index (χ3v) is 2.14. The van der Waals surface area contributed by atoms with E-state index in [0.29, 0.717) is 6.61 Å². The maximum absolute atomic E-state index is 5.22. The van der Waals surface area contributed by atoms with Gasteiger partial charge in [-0.1, -0.05) is 12.1 Å². The normalized spacial score (nSPS) is 13.2. The maximum Gasteiger partial charge on any atom is 0.192 e. The summed E-state index contributed by atoms with van der Waals surface area (Å²) in [4.78, 5) is 1.54. The first-order valence-corrected chi connectivity index (χ1v) is 4.68. The van der Waals surface area contributed by atoms with Gasteiger partial charge in [-0.2, -0.15) is 15.0 Å². The van der Waals surface area contributed by atoms with E-state index in [9.17, 15) is 0 Å². The first-order valence-electron chi connectivity index (χ1n) is 4.68. The van der Waals surface area contributed by atoms with E-state index < -0.39 is 0 Å². The summed E-state index contributed by atoms with van der Waals surface area (Å²) in [6, 6.07) is 7.69. The van der Waals surface area contributed by atoms with Crippen molar-refractivity contribution in [3.05, 3.63) is 24.3 Å². The van der Waals surface area contributed by atoms with Crippen LogP contribution in [-0.4, -0.2) is 35.8 Å². The van der Waals surface area contributed by atoms with Gasteiger partial charge in [0.1, 0.15) is 11.0 Å². The molecule has 0 aliphatic heterocycles. The van der Waals surface area contributed by atoms with Gasteiger partial charge in [-0.3, -0.25) is 0 Å². The summed E-state index contributed by atoms with van der Waals surface area (Å²) in [5.41, 5.74) is 1.71. The van der Waals surface area contributed by atoms with Crippen LogP contribution in [0.5, 0.6) is 0 Å². The van der Waals surface area contributed by atoms with Crippen molar-refractivity contribution in [1.29, 1.82) is 0 Å². The number of hydrogen-bond acceptors (Lipinski definition) is 4. The molecule has 1 aromatic carbocycles. The van der Waals surface area contributed by atoms with E-state index in [4.69, 9.17) is 9.47 Å². The molecule has 0 amide bonds. The van der Waals surface area contributed by atoms with E-state index in [1.54, 1.807) is 14.2 Å². The largest absolute Gasteiger partial charge is 0.380 e. The second-order valence-corrected chi connectivity index (χ2v) is 3.15. The van der Waals surface area contributed by atoms with E-state index in [1.165, 1.54) is 4.80 Å². The Labute approximate surface area is 87.6 Å². The summed E-state index contributed by atoms with van der Waals surface area (Å²) in [5.74, 6) is 0. The molecular formula is C10H13N3O2. The van der Waals surface area contributed by atoms with Gasteiger partial charge in [-0.25, -0.2) is 0 Å². The highest BCUT2D eigenvalue weighted by Crippen LogP contribution is 2.11. The van der Waals surface area contributed by atoms with Gasteiger partial charge in [0.05, 0.1) is 6.61 Å². The van der Waals surface area contributed by atoms with Crippen LogP contribution in [0.1, 0.15) is 6.23 Å². The molecule has 80 valence electrons. The van der Waals surface area contributed by atoms with Gasteiger partial charge in [0, 0.05) is 14.2 Å². The summed E-state index contributed by atoms with van der Waals surface area (Å²) in [6.07, 6.45) is -0.276. The Morgan fingerprint density at radius 2 is 1.80 bits per heavy atom. The minimum Gasteiger partial charge on any atom is -0.380 e. The Morgan fingerprint density at radius 1 is 1.20 bits per heavy atom. The van der Waals surface area contributed by atoms with Crippen LogP contribution < -0.4 is 0 Å². The highest BCUT2D eigenvalue weighted by molar-refractivity contribution is 5.72. The fraction of sp³-hybridized carbons (Fsp3) is 0.400. The lowest BCUT2D eigenvalue weighted by molar-refractivity contribution is -0.0338. The standard InChI is InChI=1S/C10H13N3O2/c1-14-7-10(15-2)13-11-8-5-3-4-6-9(8)12-13/h3-6,10H,7H2,1-2H3. The molecule has 0 bridgehead atoms. The lowest BCUT2D eigenvalue weighted by Crippen LogP contribution is -2.19. The average Bonchev–Trinajstić information content (AvgIpc) is 2.69. The highest BCUT2D eigenvalue weighted by Gasteiger charge is 2.12. The predicted molar refractivity (Wildman–Crippen MR) is 55.5 cm³/mol. The third-order valence-electron chi connectivity index (χ3n) is 2.14. The Hall–Kier alpha value is -1.46. The van der Waals surface area contributed by atoms with Gasteiger partial charge >= 0.3 is 0 Å². The van der Waals surface area contributed by atoms with Crippen LogP contribution in [-0.2, 0) is 9.47 Å². The lowest BCUT2D eigenvalue weighted by atomic mass is 10.3. The smallest absolute Gasteiger partial charge is 0.192 e. The van der Waals surface area contributed by atoms with Gasteiger partial charge < -0.3 is 9.47 Å². The molecule has 0 aliphatic carbocycles. The second kappa shape index (κ2) is 4.37. The molecule has 0 saturated heterocycles. The summed E-state index contributed by atoms with van der Waals surface area (Å²) in [5, 5.41) is 8.61. The van der Waals surface area contributed by atoms with Crippen molar-refractivity contribution < 1.29 is 9.47 Å². The van der Waals surface area contributed by atoms with Crippen molar-refractivity contribution in [1.82, 2.24) is 15.0 Å². The number of aromatic nitrogens is 3. The van der Waals surface area contributed by atoms with Crippen molar-refractivity contribution in [2.75, 3.05) is 20.8 Å². The van der Waals surface area contributed by atoms with Gasteiger partial charge in [-0.05, 0) is 12.1 Å². The zero-order valence-corrected chi connectivity index (χ0v) is 8.75. The molecule has 2 rings (SSSR count). The third kappa shape index (κ3) is 1.98. The number of hydrogen-bond donors (Lipinski definition) is 0. The molecule has 5 heteroatoms. The monoisotopic (exact) mass is 207 g/mol. The van der Waals surface area contributed by atoms with Crippen LogP contribution in [0.2, 0.25) is 0 Å². The van der Waals surface area contributed by atoms with Crippen LogP contribution in [0.4, 0.5) is 0 Å². The molecule has 0 saturated carbocycles. The number of fused-ring (bicyclic) bond motifs is 1. The molecule has 2 aromatic rings. The van der Waals surface area contributed by atoms with Crippen LogP contribution >= 0.6 is 0 Å². The van der Waals surface area contributed by atoms with Crippen LogP contribution in [0, 0.1) is 0 Å². The van der Waals surface area contributed by atoms with Crippen LogP contribution in [0.25, 0.3) is 11.0 Å². The fourth-order valence-electron chi connectivity index (χ4n) is 1.38. The van der Waals surface area contributed by atoms with Crippen LogP contribution in [0.15, 0.2) is 24.3 Å². The summed E-state index contributed by atoms with van der Waals surface area (Å²) in [6.45, 7) is 0.428. The van der Waals surface area contributed by atoms with Crippen molar-refractivity contribution >= 4 is 11.0 Å². The molecule has 1 heterocycles. The summed E-state index contributed by atoms with van der Waals surface area (Å²) < 4.78 is 10.2. The first-order chi connectivity index (χ1) is 7.35. The zero-order valence-electron chi connectivity index (χ0n) is 8.75. The number of rotatable bonds is 4. The van der Waals surface area contributed by atoms with E-state index in [2.05, 4.69) is 10.2 Å². The Bertz CT molecular complexity index is 408. The Balaban J connectivity index is 2.34. The molecule has 0 spiro atoms. The van der Waals surface area contributed by atoms with E-state index in [0.717, 1.165) is 11.0 Å². The molecule has 5 nitrogen and oxygen atoms in total. The minimum atomic E-state index is -0.276. The van der Waals surface area contributed by atoms with Crippen molar-refractivity contribution in [3.63, 3.8) is 0 Å². The van der Waals surface area contributed by atoms with Gasteiger partial charge in [0.25, 0.3) is 0 Å². The molecule has 0 N–H and O–H groups in total. The quantitative estimate of drug-likeness (QED) is 0.756. The van der Waals surface area contributed by atoms with Crippen LogP contribution in [0.3, 0.4) is 0 Å². The number of benzene rings is 1. The Kier molecular flexibility index (Phi) is 2.94. The minimum absolute atomic E-state index is 0.276. The molecule has 1 atom stereocenters. The summed E-state index contributed by atoms with van der Waals surface area (Å²) in [7, 11) is 3.23. The molecule has 1 unspecified atom stereocenters. The highest BCUT2D eigenvalue weighted by atomic mass is 16.5. The molecule has 0 fully saturated rings. The topological polar surface area (TPSA) is 49.2 Å². The summed E-state index contributed by atoms with van der Waals surface area (Å²) >= 11 is 0. The number of methoxy groups -OCH3 is 2. The molecular weight excluding hydrogens is 194 g/mol. The SMILES string of the molecule is COCC(OC)n1nc2ccccc2n1. The van der Waals surface area contributed by atoms with Crippen molar-refractivity contribution in [2.45, 2.75) is 6.23 Å². The predicted octanol–water partition coefficient (Wildman–Crippen LogP) is 1.22. The fourth-order valence-corrected chi connectivity index (χ4v) is 1.38. The number of ether oxygens (including phenoxy) is 2. The maximum atomic E-state index is 5.22. The molecule has 1 aromatic heterocycles. The second-order valence-electron chi connectivity index (χ2n) is 3.15. The average molecular weight is 207 g/mol. The van der Waals surface area contributed by atoms with Gasteiger partial charge in [0.15, 0.2) is 6.23 Å². The van der Waals surface area contributed by atoms with E-state index in [-0.39, 0.29) is 6.23 Å². The number of nitrogens with zero attached hydrogens (tertiary/aromatic N) is 3. The van der Waals surface area contributed by atoms with Gasteiger partial charge in [0.2, 0.25) is 0 Å². The van der Waals surface area contributed by atoms with E-state index >= 15 is 0 Å².